The first-order valence-electron chi connectivity index (χ1n) is 5.09. The molecule has 1 nitrogen and oxygen atoms in total. The van der Waals surface area contributed by atoms with E-state index in [1.807, 2.05) is 0 Å². The molecule has 1 rings (SSSR count). The van der Waals surface area contributed by atoms with E-state index in [-0.39, 0.29) is 5.78 Å². The molecular weight excluding hydrogens is 172 g/mol. The minimum atomic E-state index is 0.227. The summed E-state index contributed by atoms with van der Waals surface area (Å²) < 4.78 is 0. The van der Waals surface area contributed by atoms with Gasteiger partial charge in [0.25, 0.3) is 0 Å². The van der Waals surface area contributed by atoms with Crippen molar-refractivity contribution in [1.82, 2.24) is 0 Å². The molecule has 0 aliphatic heterocycles. The Labute approximate surface area is 86.1 Å². The van der Waals surface area contributed by atoms with E-state index in [4.69, 9.17) is 0 Å². The molecule has 0 fully saturated rings. The zero-order valence-electron chi connectivity index (χ0n) is 9.42. The van der Waals surface area contributed by atoms with Gasteiger partial charge >= 0.3 is 0 Å². The van der Waals surface area contributed by atoms with Crippen molar-refractivity contribution in [2.75, 3.05) is 0 Å². The summed E-state index contributed by atoms with van der Waals surface area (Å²) in [7, 11) is 0. The average Bonchev–Trinajstić information content (AvgIpc) is 2.07. The zero-order chi connectivity index (χ0) is 10.7. The van der Waals surface area contributed by atoms with Gasteiger partial charge in [0.15, 0.2) is 0 Å². The predicted molar refractivity (Wildman–Crippen MR) is 59.7 cm³/mol. The van der Waals surface area contributed by atoms with Gasteiger partial charge in [-0.2, -0.15) is 0 Å². The monoisotopic (exact) mass is 190 g/mol. The minimum Gasteiger partial charge on any atom is -0.300 e. The summed E-state index contributed by atoms with van der Waals surface area (Å²) in [5.74, 6) is 0.783. The number of carbonyl (C=O) groups excluding carboxylic acids is 1. The van der Waals surface area contributed by atoms with E-state index in [0.29, 0.717) is 12.3 Å². The molecule has 0 spiro atoms. The average molecular weight is 190 g/mol. The fraction of sp³-hybridized carbons (Fsp3) is 0.462. The lowest BCUT2D eigenvalue weighted by atomic mass is 9.96. The Morgan fingerprint density at radius 1 is 1.36 bits per heavy atom. The standard InChI is InChI=1S/C13H18O/c1-9(2)12-5-6-13(8-11(4)14)10(3)7-12/h5-7,9H,8H2,1-4H3. The smallest absolute Gasteiger partial charge is 0.134 e. The molecule has 76 valence electrons. The maximum atomic E-state index is 11.0. The highest BCUT2D eigenvalue weighted by Gasteiger charge is 2.04. The third-order valence-electron chi connectivity index (χ3n) is 2.47. The first-order valence-corrected chi connectivity index (χ1v) is 5.09. The molecule has 0 aromatic heterocycles. The number of benzene rings is 1. The molecule has 0 N–H and O–H groups in total. The maximum Gasteiger partial charge on any atom is 0.134 e. The van der Waals surface area contributed by atoms with E-state index in [1.165, 1.54) is 11.1 Å². The number of rotatable bonds is 3. The maximum absolute atomic E-state index is 11.0. The van der Waals surface area contributed by atoms with Crippen LogP contribution in [-0.4, -0.2) is 5.78 Å². The second kappa shape index (κ2) is 4.41. The molecule has 0 bridgehead atoms. The van der Waals surface area contributed by atoms with Gasteiger partial charge in [0.1, 0.15) is 5.78 Å². The second-order valence-corrected chi connectivity index (χ2v) is 4.22. The Balaban J connectivity index is 2.95. The lowest BCUT2D eigenvalue weighted by Gasteiger charge is -2.09. The van der Waals surface area contributed by atoms with Gasteiger partial charge in [-0.3, -0.25) is 4.79 Å². The fourth-order valence-electron chi connectivity index (χ4n) is 1.54. The summed E-state index contributed by atoms with van der Waals surface area (Å²) in [5.41, 5.74) is 3.73. The molecule has 0 atom stereocenters. The van der Waals surface area contributed by atoms with Crippen LogP contribution >= 0.6 is 0 Å². The summed E-state index contributed by atoms with van der Waals surface area (Å²) in [4.78, 5) is 11.0. The van der Waals surface area contributed by atoms with Crippen molar-refractivity contribution < 1.29 is 4.79 Å². The van der Waals surface area contributed by atoms with Crippen LogP contribution in [0.25, 0.3) is 0 Å². The van der Waals surface area contributed by atoms with Crippen molar-refractivity contribution in [3.8, 4) is 0 Å². The van der Waals surface area contributed by atoms with Crippen molar-refractivity contribution in [3.63, 3.8) is 0 Å². The molecule has 0 saturated heterocycles. The van der Waals surface area contributed by atoms with Crippen molar-refractivity contribution in [2.24, 2.45) is 0 Å². The second-order valence-electron chi connectivity index (χ2n) is 4.22. The van der Waals surface area contributed by atoms with E-state index >= 15 is 0 Å². The predicted octanol–water partition coefficient (Wildman–Crippen LogP) is 3.25. The number of hydrogen-bond donors (Lipinski definition) is 0. The molecule has 0 unspecified atom stereocenters. The summed E-state index contributed by atoms with van der Waals surface area (Å²) in [6.07, 6.45) is 0.560. The van der Waals surface area contributed by atoms with Crippen LogP contribution in [0.2, 0.25) is 0 Å². The van der Waals surface area contributed by atoms with E-state index < -0.39 is 0 Å². The van der Waals surface area contributed by atoms with Crippen LogP contribution in [-0.2, 0) is 11.2 Å². The SMILES string of the molecule is CC(=O)Cc1ccc(C(C)C)cc1C. The Hall–Kier alpha value is -1.11. The van der Waals surface area contributed by atoms with E-state index in [9.17, 15) is 4.79 Å². The number of hydrogen-bond acceptors (Lipinski definition) is 1. The van der Waals surface area contributed by atoms with Gasteiger partial charge in [-0.25, -0.2) is 0 Å². The highest BCUT2D eigenvalue weighted by molar-refractivity contribution is 5.78. The molecule has 1 aromatic rings. The van der Waals surface area contributed by atoms with E-state index in [2.05, 4.69) is 39.0 Å². The summed E-state index contributed by atoms with van der Waals surface area (Å²) in [6, 6.07) is 6.38. The van der Waals surface area contributed by atoms with Crippen LogP contribution in [0, 0.1) is 6.92 Å². The number of aryl methyl sites for hydroxylation is 1. The molecule has 14 heavy (non-hydrogen) atoms. The Bertz CT molecular complexity index is 337. The quantitative estimate of drug-likeness (QED) is 0.715. The molecule has 0 aliphatic rings. The Kier molecular flexibility index (Phi) is 3.45. The van der Waals surface area contributed by atoms with Crippen LogP contribution < -0.4 is 0 Å². The number of Topliss-reactive ketones (excluding diaryl/α,β-unsaturated/α-hetero) is 1. The highest BCUT2D eigenvalue weighted by Crippen LogP contribution is 2.18. The first-order chi connectivity index (χ1) is 6.50. The highest BCUT2D eigenvalue weighted by atomic mass is 16.1. The Morgan fingerprint density at radius 3 is 2.43 bits per heavy atom. The van der Waals surface area contributed by atoms with Crippen LogP contribution in [0.5, 0.6) is 0 Å². The summed E-state index contributed by atoms with van der Waals surface area (Å²) >= 11 is 0. The lowest BCUT2D eigenvalue weighted by Crippen LogP contribution is -2.00. The summed E-state index contributed by atoms with van der Waals surface area (Å²) in [5, 5.41) is 0. The molecular formula is C13H18O. The molecule has 0 heterocycles. The largest absolute Gasteiger partial charge is 0.300 e. The van der Waals surface area contributed by atoms with Crippen molar-refractivity contribution in [3.05, 3.63) is 34.9 Å². The van der Waals surface area contributed by atoms with Crippen LogP contribution in [0.4, 0.5) is 0 Å². The first kappa shape index (κ1) is 11.0. The lowest BCUT2D eigenvalue weighted by molar-refractivity contribution is -0.116. The van der Waals surface area contributed by atoms with Gasteiger partial charge in [-0.1, -0.05) is 32.0 Å². The molecule has 0 aliphatic carbocycles. The molecule has 0 amide bonds. The van der Waals surface area contributed by atoms with Gasteiger partial charge in [0.05, 0.1) is 0 Å². The van der Waals surface area contributed by atoms with Crippen molar-refractivity contribution in [1.29, 1.82) is 0 Å². The van der Waals surface area contributed by atoms with Gasteiger partial charge in [-0.15, -0.1) is 0 Å². The molecule has 0 radical (unpaired) electrons. The van der Waals surface area contributed by atoms with Gasteiger partial charge in [-0.05, 0) is 36.5 Å². The molecule has 1 aromatic carbocycles. The Morgan fingerprint density at radius 2 is 2.00 bits per heavy atom. The van der Waals surface area contributed by atoms with Crippen LogP contribution in [0.1, 0.15) is 43.4 Å². The zero-order valence-corrected chi connectivity index (χ0v) is 9.42. The summed E-state index contributed by atoms with van der Waals surface area (Å²) in [6.45, 7) is 8.07. The normalized spacial score (nSPS) is 10.6. The third-order valence-corrected chi connectivity index (χ3v) is 2.47. The molecule has 0 saturated carbocycles. The van der Waals surface area contributed by atoms with E-state index in [1.54, 1.807) is 6.92 Å². The van der Waals surface area contributed by atoms with Crippen molar-refractivity contribution in [2.45, 2.75) is 40.0 Å². The van der Waals surface area contributed by atoms with Crippen LogP contribution in [0.15, 0.2) is 18.2 Å². The van der Waals surface area contributed by atoms with Crippen molar-refractivity contribution >= 4 is 5.78 Å². The number of carbonyl (C=O) groups is 1. The third kappa shape index (κ3) is 2.69. The van der Waals surface area contributed by atoms with E-state index in [0.717, 1.165) is 5.56 Å². The fourth-order valence-corrected chi connectivity index (χ4v) is 1.54. The minimum absolute atomic E-state index is 0.227. The topological polar surface area (TPSA) is 17.1 Å². The van der Waals surface area contributed by atoms with Gasteiger partial charge < -0.3 is 0 Å². The van der Waals surface area contributed by atoms with Crippen LogP contribution in [0.3, 0.4) is 0 Å². The van der Waals surface area contributed by atoms with Gasteiger partial charge in [0, 0.05) is 6.42 Å². The van der Waals surface area contributed by atoms with Gasteiger partial charge in [0.2, 0.25) is 0 Å². The number of ketones is 1. The molecule has 1 heteroatoms.